The highest BCUT2D eigenvalue weighted by atomic mass is 16.6. The minimum Gasteiger partial charge on any atom is -0.458 e. The van der Waals surface area contributed by atoms with Crippen molar-refractivity contribution >= 4 is 11.8 Å². The zero-order valence-electron chi connectivity index (χ0n) is 22.5. The lowest BCUT2D eigenvalue weighted by Gasteiger charge is -2.64. The van der Waals surface area contributed by atoms with Crippen LogP contribution in [0.5, 0.6) is 0 Å². The van der Waals surface area contributed by atoms with Gasteiger partial charge in [0.1, 0.15) is 11.4 Å². The number of hydrogen-bond donors (Lipinski definition) is 3. The number of piperazine rings is 1. The van der Waals surface area contributed by atoms with Gasteiger partial charge in [-0.15, -0.1) is 6.58 Å². The van der Waals surface area contributed by atoms with Crippen LogP contribution in [0.3, 0.4) is 0 Å². The predicted octanol–water partition coefficient (Wildman–Crippen LogP) is 2.69. The molecule has 8 unspecified atom stereocenters. The summed E-state index contributed by atoms with van der Waals surface area (Å²) in [6.07, 6.45) is 2.74. The summed E-state index contributed by atoms with van der Waals surface area (Å²) in [5.41, 5.74) is -3.16. The molecule has 198 valence electrons. The van der Waals surface area contributed by atoms with Crippen LogP contribution in [0.25, 0.3) is 0 Å². The zero-order chi connectivity index (χ0) is 26.0. The van der Waals surface area contributed by atoms with Gasteiger partial charge in [-0.1, -0.05) is 26.8 Å². The van der Waals surface area contributed by atoms with E-state index < -0.39 is 40.0 Å². The minimum atomic E-state index is -0.995. The maximum absolute atomic E-state index is 13.5. The Morgan fingerprint density at radius 2 is 1.89 bits per heavy atom. The van der Waals surface area contributed by atoms with Crippen LogP contribution in [0, 0.1) is 28.1 Å². The van der Waals surface area contributed by atoms with Crippen molar-refractivity contribution in [2.24, 2.45) is 28.1 Å². The normalized spacial score (nSPS) is 47.9. The Morgan fingerprint density at radius 3 is 2.51 bits per heavy atom. The van der Waals surface area contributed by atoms with Gasteiger partial charge in [-0.25, -0.2) is 0 Å². The second-order valence-electron chi connectivity index (χ2n) is 13.3. The molecule has 35 heavy (non-hydrogen) atoms. The lowest BCUT2D eigenvalue weighted by Crippen LogP contribution is -2.69. The molecule has 0 aromatic carbocycles. The van der Waals surface area contributed by atoms with Gasteiger partial charge in [0.2, 0.25) is 0 Å². The molecule has 4 rings (SSSR count). The molecule has 8 atom stereocenters. The Balaban J connectivity index is 1.69. The molecule has 3 aliphatic carbocycles. The smallest absolute Gasteiger partial charge is 0.320 e. The van der Waals surface area contributed by atoms with Crippen LogP contribution in [0.1, 0.15) is 73.6 Å². The Morgan fingerprint density at radius 1 is 1.20 bits per heavy atom. The van der Waals surface area contributed by atoms with Gasteiger partial charge in [-0.2, -0.15) is 0 Å². The third-order valence-corrected chi connectivity index (χ3v) is 10.7. The summed E-state index contributed by atoms with van der Waals surface area (Å²) < 4.78 is 6.32. The molecular weight excluding hydrogens is 444 g/mol. The van der Waals surface area contributed by atoms with Gasteiger partial charge in [0, 0.05) is 48.3 Å². The summed E-state index contributed by atoms with van der Waals surface area (Å²) in [6.45, 7) is 18.6. The number of ether oxygens (including phenoxy) is 1. The van der Waals surface area contributed by atoms with Crippen molar-refractivity contribution in [3.63, 3.8) is 0 Å². The molecule has 4 aliphatic rings. The van der Waals surface area contributed by atoms with E-state index in [1.165, 1.54) is 0 Å². The topological polar surface area (TPSA) is 99.1 Å². The first-order valence-corrected chi connectivity index (χ1v) is 13.4. The van der Waals surface area contributed by atoms with E-state index in [0.29, 0.717) is 25.7 Å². The number of rotatable bonds is 4. The van der Waals surface area contributed by atoms with Crippen LogP contribution >= 0.6 is 0 Å². The number of nitrogens with zero attached hydrogens (tertiary/aromatic N) is 1. The highest BCUT2D eigenvalue weighted by molar-refractivity contribution is 5.86. The lowest BCUT2D eigenvalue weighted by molar-refractivity contribution is -0.252. The van der Waals surface area contributed by atoms with Crippen LogP contribution in [-0.4, -0.2) is 76.4 Å². The molecule has 3 N–H and O–H groups in total. The van der Waals surface area contributed by atoms with Crippen molar-refractivity contribution in [1.82, 2.24) is 10.2 Å². The zero-order valence-corrected chi connectivity index (χ0v) is 22.5. The fourth-order valence-corrected chi connectivity index (χ4v) is 8.32. The van der Waals surface area contributed by atoms with Gasteiger partial charge < -0.3 is 20.3 Å². The number of Topliss-reactive ketones (excluding diaryl/α,β-unsaturated/α-hetero) is 1. The first kappa shape index (κ1) is 26.8. The van der Waals surface area contributed by atoms with Gasteiger partial charge in [0.15, 0.2) is 0 Å². The summed E-state index contributed by atoms with van der Waals surface area (Å²) in [4.78, 5) is 28.9. The van der Waals surface area contributed by atoms with E-state index in [9.17, 15) is 19.8 Å². The first-order chi connectivity index (χ1) is 16.1. The van der Waals surface area contributed by atoms with Crippen LogP contribution in [-0.2, 0) is 14.3 Å². The number of carbonyl (C=O) groups is 2. The maximum Gasteiger partial charge on any atom is 0.320 e. The second kappa shape index (κ2) is 8.64. The monoisotopic (exact) mass is 490 g/mol. The van der Waals surface area contributed by atoms with Gasteiger partial charge in [-0.3, -0.25) is 14.5 Å². The van der Waals surface area contributed by atoms with Crippen LogP contribution in [0.2, 0.25) is 0 Å². The Labute approximate surface area is 210 Å². The largest absolute Gasteiger partial charge is 0.458 e. The molecule has 7 heteroatoms. The fourth-order valence-electron chi connectivity index (χ4n) is 8.32. The van der Waals surface area contributed by atoms with E-state index in [-0.39, 0.29) is 36.2 Å². The van der Waals surface area contributed by atoms with Crippen LogP contribution in [0.15, 0.2) is 12.7 Å². The Hall–Kier alpha value is -1.28. The highest BCUT2D eigenvalue weighted by Crippen LogP contribution is 2.69. The summed E-state index contributed by atoms with van der Waals surface area (Å²) in [6, 6.07) is 0. The fraction of sp³-hybridized carbons (Fsp3) is 0.857. The Bertz CT molecular complexity index is 891. The van der Waals surface area contributed by atoms with Crippen molar-refractivity contribution in [2.75, 3.05) is 26.2 Å². The molecule has 1 heterocycles. The predicted molar refractivity (Wildman–Crippen MR) is 135 cm³/mol. The number of nitrogens with one attached hydrogen (secondary N) is 1. The van der Waals surface area contributed by atoms with E-state index in [1.807, 2.05) is 20.8 Å². The Kier molecular flexibility index (Phi) is 6.61. The van der Waals surface area contributed by atoms with Gasteiger partial charge in [-0.05, 0) is 57.8 Å². The van der Waals surface area contributed by atoms with E-state index in [1.54, 1.807) is 6.08 Å². The van der Waals surface area contributed by atoms with Crippen molar-refractivity contribution in [3.05, 3.63) is 12.7 Å². The van der Waals surface area contributed by atoms with E-state index >= 15 is 0 Å². The van der Waals surface area contributed by atoms with E-state index in [0.717, 1.165) is 19.6 Å². The molecule has 0 aromatic heterocycles. The molecule has 0 amide bonds. The van der Waals surface area contributed by atoms with Crippen molar-refractivity contribution in [3.8, 4) is 0 Å². The highest BCUT2D eigenvalue weighted by Gasteiger charge is 2.72. The van der Waals surface area contributed by atoms with E-state index in [2.05, 4.69) is 37.6 Å². The summed E-state index contributed by atoms with van der Waals surface area (Å²) in [7, 11) is 0. The van der Waals surface area contributed by atoms with Crippen molar-refractivity contribution in [1.29, 1.82) is 0 Å². The minimum absolute atomic E-state index is 0.0725. The SMILES string of the molecule is C=CC1(C)CC(O)C2(C)C3C(=O)CCC3(CCC2(C)OC(=O)CN2CCNC(C)(C)C2)C(C)C1O. The summed E-state index contributed by atoms with van der Waals surface area (Å²) in [5.74, 6) is -0.789. The molecule has 0 aromatic rings. The average Bonchev–Trinajstić information content (AvgIpc) is 3.12. The average molecular weight is 491 g/mol. The molecule has 0 spiro atoms. The molecule has 2 bridgehead atoms. The number of carbonyl (C=O) groups excluding carboxylic acids is 2. The molecule has 7 nitrogen and oxygen atoms in total. The third kappa shape index (κ3) is 4.01. The van der Waals surface area contributed by atoms with E-state index in [4.69, 9.17) is 4.74 Å². The molecule has 1 aliphatic heterocycles. The van der Waals surface area contributed by atoms with Crippen molar-refractivity contribution in [2.45, 2.75) is 97.0 Å². The van der Waals surface area contributed by atoms with Gasteiger partial charge in [0.25, 0.3) is 0 Å². The van der Waals surface area contributed by atoms with Crippen LogP contribution in [0.4, 0.5) is 0 Å². The number of esters is 1. The van der Waals surface area contributed by atoms with Crippen LogP contribution < -0.4 is 5.32 Å². The van der Waals surface area contributed by atoms with Crippen molar-refractivity contribution < 1.29 is 24.5 Å². The van der Waals surface area contributed by atoms with Gasteiger partial charge in [0.05, 0.1) is 18.8 Å². The number of hydrogen-bond acceptors (Lipinski definition) is 7. The number of aliphatic hydroxyl groups is 2. The first-order valence-electron chi connectivity index (χ1n) is 13.4. The second-order valence-corrected chi connectivity index (χ2v) is 13.3. The molecule has 4 fully saturated rings. The lowest BCUT2D eigenvalue weighted by atomic mass is 9.42. The number of aliphatic hydroxyl groups excluding tert-OH is 2. The third-order valence-electron chi connectivity index (χ3n) is 10.7. The number of ketones is 1. The molecular formula is C28H46N2O5. The summed E-state index contributed by atoms with van der Waals surface area (Å²) >= 11 is 0. The molecule has 1 saturated heterocycles. The molecule has 3 saturated carbocycles. The summed E-state index contributed by atoms with van der Waals surface area (Å²) in [5, 5.41) is 26.7. The molecule has 0 radical (unpaired) electrons. The standard InChI is InChI=1S/C28H46N2O5/c1-8-25(5)15-20(32)27(7)22-19(31)9-10-28(22,18(2)23(25)34)12-11-26(27,6)35-21(33)16-30-14-13-29-24(3,4)17-30/h8,18,20,22-23,29,32,34H,1,9-17H2,2-7H3. The van der Waals surface area contributed by atoms with Gasteiger partial charge >= 0.3 is 5.97 Å². The maximum atomic E-state index is 13.5. The quantitative estimate of drug-likeness (QED) is 0.412.